The number of hydrogen-bond acceptors (Lipinski definition) is 3. The van der Waals surface area contributed by atoms with Crippen LogP contribution in [0.15, 0.2) is 12.4 Å². The molecule has 0 spiro atoms. The van der Waals surface area contributed by atoms with Gasteiger partial charge in [-0.1, -0.05) is 0 Å². The van der Waals surface area contributed by atoms with Gasteiger partial charge in [-0.3, -0.25) is 9.48 Å². The first kappa shape index (κ1) is 12.0. The maximum atomic E-state index is 12.1. The van der Waals surface area contributed by atoms with Crippen molar-refractivity contribution in [2.45, 2.75) is 31.8 Å². The number of fused-ring (bicyclic) bond motifs is 2. The Morgan fingerprint density at radius 3 is 2.95 bits per heavy atom. The molecular weight excluding hydrogens is 248 g/mol. The molecule has 2 aliphatic rings. The molecule has 1 aromatic rings. The summed E-state index contributed by atoms with van der Waals surface area (Å²) in [5.74, 6) is -0.302. The highest BCUT2D eigenvalue weighted by Gasteiger charge is 2.40. The lowest BCUT2D eigenvalue weighted by Gasteiger charge is -2.26. The number of amides is 2. The molecular formula is C12H16N4O3. The minimum Gasteiger partial charge on any atom is -0.480 e. The lowest BCUT2D eigenvalue weighted by atomic mass is 10.1. The summed E-state index contributed by atoms with van der Waals surface area (Å²) in [5.41, 5.74) is 0.536. The van der Waals surface area contributed by atoms with Crippen LogP contribution in [0.5, 0.6) is 0 Å². The standard InChI is InChI=1S/C12H16N4O3/c17-11(18)7-15-6-9(4-13-15)14-12(19)16-5-8-1-2-10(16)3-8/h4,6,8,10H,1-3,5,7H2,(H,14,19)(H,17,18). The molecule has 2 atom stereocenters. The third-order valence-corrected chi connectivity index (χ3v) is 3.85. The highest BCUT2D eigenvalue weighted by molar-refractivity contribution is 5.89. The molecule has 2 N–H and O–H groups in total. The molecule has 1 aromatic heterocycles. The van der Waals surface area contributed by atoms with Crippen LogP contribution in [0.25, 0.3) is 0 Å². The van der Waals surface area contributed by atoms with Crippen molar-refractivity contribution in [3.8, 4) is 0 Å². The second kappa shape index (κ2) is 4.56. The van der Waals surface area contributed by atoms with Crippen molar-refractivity contribution in [1.82, 2.24) is 14.7 Å². The van der Waals surface area contributed by atoms with Gasteiger partial charge < -0.3 is 15.3 Å². The number of carbonyl (C=O) groups excluding carboxylic acids is 1. The number of piperidine rings is 1. The first-order chi connectivity index (χ1) is 9.11. The molecule has 2 unspecified atom stereocenters. The predicted molar refractivity (Wildman–Crippen MR) is 66.7 cm³/mol. The van der Waals surface area contributed by atoms with Crippen molar-refractivity contribution in [3.05, 3.63) is 12.4 Å². The van der Waals surface area contributed by atoms with Crippen molar-refractivity contribution in [1.29, 1.82) is 0 Å². The number of anilines is 1. The van der Waals surface area contributed by atoms with Crippen molar-refractivity contribution in [3.63, 3.8) is 0 Å². The molecule has 19 heavy (non-hydrogen) atoms. The van der Waals surface area contributed by atoms with Gasteiger partial charge in [0.2, 0.25) is 0 Å². The first-order valence-corrected chi connectivity index (χ1v) is 6.43. The summed E-state index contributed by atoms with van der Waals surface area (Å²) in [6.45, 7) is 0.629. The van der Waals surface area contributed by atoms with E-state index in [0.29, 0.717) is 17.6 Å². The monoisotopic (exact) mass is 264 g/mol. The van der Waals surface area contributed by atoms with E-state index in [1.807, 2.05) is 4.90 Å². The molecule has 1 saturated heterocycles. The number of carbonyl (C=O) groups is 2. The fraction of sp³-hybridized carbons (Fsp3) is 0.583. The molecule has 0 aromatic carbocycles. The van der Waals surface area contributed by atoms with E-state index >= 15 is 0 Å². The molecule has 2 amide bonds. The summed E-state index contributed by atoms with van der Waals surface area (Å²) in [6, 6.07) is 0.265. The Balaban J connectivity index is 1.60. The van der Waals surface area contributed by atoms with Crippen molar-refractivity contribution >= 4 is 17.7 Å². The van der Waals surface area contributed by atoms with Crippen molar-refractivity contribution < 1.29 is 14.7 Å². The van der Waals surface area contributed by atoms with E-state index in [1.165, 1.54) is 23.5 Å². The van der Waals surface area contributed by atoms with Crippen LogP contribution in [0.4, 0.5) is 10.5 Å². The zero-order valence-corrected chi connectivity index (χ0v) is 10.5. The summed E-state index contributed by atoms with van der Waals surface area (Å²) in [7, 11) is 0. The largest absolute Gasteiger partial charge is 0.480 e. The Morgan fingerprint density at radius 2 is 2.32 bits per heavy atom. The normalized spacial score (nSPS) is 24.7. The van der Waals surface area contributed by atoms with E-state index in [0.717, 1.165) is 19.4 Å². The molecule has 1 aliphatic heterocycles. The maximum absolute atomic E-state index is 12.1. The SMILES string of the molecule is O=C(O)Cn1cc(NC(=O)N2CC3CCC2C3)cn1. The molecule has 1 saturated carbocycles. The molecule has 1 aliphatic carbocycles. The molecule has 102 valence electrons. The number of aromatic nitrogens is 2. The highest BCUT2D eigenvalue weighted by atomic mass is 16.4. The Kier molecular flexibility index (Phi) is 2.88. The molecule has 2 heterocycles. The number of nitrogens with zero attached hydrogens (tertiary/aromatic N) is 3. The van der Waals surface area contributed by atoms with E-state index < -0.39 is 5.97 Å². The fourth-order valence-electron chi connectivity index (χ4n) is 3.02. The van der Waals surface area contributed by atoms with Gasteiger partial charge in [0.1, 0.15) is 6.54 Å². The number of hydrogen-bond donors (Lipinski definition) is 2. The van der Waals surface area contributed by atoms with Crippen LogP contribution in [-0.4, -0.2) is 44.4 Å². The number of nitrogens with one attached hydrogen (secondary N) is 1. The molecule has 0 radical (unpaired) electrons. The number of carboxylic acid groups (broad SMARTS) is 1. The summed E-state index contributed by atoms with van der Waals surface area (Å²) in [4.78, 5) is 24.5. The average molecular weight is 264 g/mol. The minimum atomic E-state index is -0.960. The smallest absolute Gasteiger partial charge is 0.325 e. The number of rotatable bonds is 3. The lowest BCUT2D eigenvalue weighted by molar-refractivity contribution is -0.137. The van der Waals surface area contributed by atoms with E-state index in [2.05, 4.69) is 10.4 Å². The van der Waals surface area contributed by atoms with Gasteiger partial charge in [-0.2, -0.15) is 5.10 Å². The molecule has 7 nitrogen and oxygen atoms in total. The average Bonchev–Trinajstić information content (AvgIpc) is 3.04. The van der Waals surface area contributed by atoms with E-state index in [9.17, 15) is 9.59 Å². The summed E-state index contributed by atoms with van der Waals surface area (Å²) >= 11 is 0. The van der Waals surface area contributed by atoms with Crippen LogP contribution in [0.3, 0.4) is 0 Å². The van der Waals surface area contributed by atoms with Gasteiger partial charge in [-0.15, -0.1) is 0 Å². The maximum Gasteiger partial charge on any atom is 0.325 e. The Hall–Kier alpha value is -2.05. The number of aliphatic carboxylic acids is 1. The summed E-state index contributed by atoms with van der Waals surface area (Å²) in [5, 5.41) is 15.3. The third-order valence-electron chi connectivity index (χ3n) is 3.85. The molecule has 3 rings (SSSR count). The zero-order chi connectivity index (χ0) is 13.4. The van der Waals surface area contributed by atoms with Crippen molar-refractivity contribution in [2.75, 3.05) is 11.9 Å². The van der Waals surface area contributed by atoms with Gasteiger partial charge >= 0.3 is 12.0 Å². The van der Waals surface area contributed by atoms with Crippen LogP contribution in [0.1, 0.15) is 19.3 Å². The third kappa shape index (κ3) is 2.40. The van der Waals surface area contributed by atoms with E-state index in [-0.39, 0.29) is 12.6 Å². The van der Waals surface area contributed by atoms with Gasteiger partial charge in [-0.05, 0) is 25.2 Å². The molecule has 7 heteroatoms. The number of likely N-dealkylation sites (tertiary alicyclic amines) is 1. The van der Waals surface area contributed by atoms with Gasteiger partial charge in [0.25, 0.3) is 0 Å². The fourth-order valence-corrected chi connectivity index (χ4v) is 3.02. The summed E-state index contributed by atoms with van der Waals surface area (Å²) in [6.07, 6.45) is 6.43. The van der Waals surface area contributed by atoms with E-state index in [4.69, 9.17) is 5.11 Å². The second-order valence-electron chi connectivity index (χ2n) is 5.24. The number of urea groups is 1. The first-order valence-electron chi connectivity index (χ1n) is 6.43. The van der Waals surface area contributed by atoms with Crippen LogP contribution in [0.2, 0.25) is 0 Å². The van der Waals surface area contributed by atoms with Crippen molar-refractivity contribution in [2.24, 2.45) is 5.92 Å². The molecule has 2 bridgehead atoms. The lowest BCUT2D eigenvalue weighted by Crippen LogP contribution is -2.40. The topological polar surface area (TPSA) is 87.5 Å². The van der Waals surface area contributed by atoms with Gasteiger partial charge in [0, 0.05) is 18.8 Å². The Labute approximate surface area is 110 Å². The molecule has 2 fully saturated rings. The summed E-state index contributed by atoms with van der Waals surface area (Å²) < 4.78 is 1.29. The van der Waals surface area contributed by atoms with Gasteiger partial charge in [0.15, 0.2) is 0 Å². The highest BCUT2D eigenvalue weighted by Crippen LogP contribution is 2.37. The predicted octanol–water partition coefficient (Wildman–Crippen LogP) is 0.984. The van der Waals surface area contributed by atoms with Crippen LogP contribution >= 0.6 is 0 Å². The quantitative estimate of drug-likeness (QED) is 0.852. The van der Waals surface area contributed by atoms with Crippen LogP contribution in [0, 0.1) is 5.92 Å². The van der Waals surface area contributed by atoms with Gasteiger partial charge in [-0.25, -0.2) is 4.79 Å². The second-order valence-corrected chi connectivity index (χ2v) is 5.24. The van der Waals surface area contributed by atoms with Gasteiger partial charge in [0.05, 0.1) is 11.9 Å². The Morgan fingerprint density at radius 1 is 1.47 bits per heavy atom. The van der Waals surface area contributed by atoms with Crippen LogP contribution < -0.4 is 5.32 Å². The minimum absolute atomic E-state index is 0.109. The number of carboxylic acids is 1. The van der Waals surface area contributed by atoms with Crippen LogP contribution in [-0.2, 0) is 11.3 Å². The van der Waals surface area contributed by atoms with E-state index in [1.54, 1.807) is 0 Å². The zero-order valence-electron chi connectivity index (χ0n) is 10.5. The Bertz CT molecular complexity index is 513.